The van der Waals surface area contributed by atoms with Gasteiger partial charge in [0.25, 0.3) is 5.88 Å². The second-order valence-corrected chi connectivity index (χ2v) is 8.35. The third-order valence-electron chi connectivity index (χ3n) is 5.29. The smallest absolute Gasteiger partial charge is 0.252 e. The van der Waals surface area contributed by atoms with E-state index in [0.29, 0.717) is 5.89 Å². The summed E-state index contributed by atoms with van der Waals surface area (Å²) in [5.41, 5.74) is 10.2. The second kappa shape index (κ2) is 9.13. The Kier molecular flexibility index (Phi) is 6.09. The van der Waals surface area contributed by atoms with Gasteiger partial charge in [0.1, 0.15) is 11.8 Å². The van der Waals surface area contributed by atoms with Crippen LogP contribution >= 0.6 is 0 Å². The molecule has 7 nitrogen and oxygen atoms in total. The van der Waals surface area contributed by atoms with Crippen LogP contribution in [0.3, 0.4) is 0 Å². The second-order valence-electron chi connectivity index (χ2n) is 8.35. The molecule has 4 rings (SSSR count). The van der Waals surface area contributed by atoms with E-state index in [9.17, 15) is 5.26 Å². The summed E-state index contributed by atoms with van der Waals surface area (Å²) in [4.78, 5) is 4.21. The molecule has 2 aromatic carbocycles. The number of anilines is 1. The molecule has 0 bridgehead atoms. The van der Waals surface area contributed by atoms with Gasteiger partial charge in [-0.2, -0.15) is 15.5 Å². The van der Waals surface area contributed by atoms with Gasteiger partial charge in [0, 0.05) is 23.2 Å². The van der Waals surface area contributed by atoms with Gasteiger partial charge < -0.3 is 4.42 Å². The highest BCUT2D eigenvalue weighted by atomic mass is 16.4. The molecular weight excluding hydrogens is 412 g/mol. The maximum Gasteiger partial charge on any atom is 0.252 e. The fraction of sp³-hybridized carbons (Fsp3) is 0.231. The van der Waals surface area contributed by atoms with Gasteiger partial charge in [-0.05, 0) is 44.0 Å². The van der Waals surface area contributed by atoms with Gasteiger partial charge in [-0.15, -0.1) is 0 Å². The van der Waals surface area contributed by atoms with Gasteiger partial charge in [0.05, 0.1) is 11.9 Å². The first-order valence-electron chi connectivity index (χ1n) is 10.8. The number of hydrogen-bond acceptors (Lipinski definition) is 6. The first-order chi connectivity index (χ1) is 15.9. The summed E-state index contributed by atoms with van der Waals surface area (Å²) in [7, 11) is 0. The fourth-order valence-corrected chi connectivity index (χ4v) is 3.84. The Balaban J connectivity index is 1.75. The van der Waals surface area contributed by atoms with E-state index in [1.54, 1.807) is 6.21 Å². The van der Waals surface area contributed by atoms with Crippen LogP contribution in [0.1, 0.15) is 53.6 Å². The maximum atomic E-state index is 9.36. The Morgan fingerprint density at radius 2 is 1.82 bits per heavy atom. The molecule has 0 radical (unpaired) electrons. The van der Waals surface area contributed by atoms with Crippen molar-refractivity contribution in [2.24, 2.45) is 5.10 Å². The molecule has 2 aromatic heterocycles. The number of benzene rings is 2. The minimum absolute atomic E-state index is 0.0693. The zero-order chi connectivity index (χ0) is 23.5. The van der Waals surface area contributed by atoms with E-state index in [0.717, 1.165) is 33.6 Å². The number of nitrogens with one attached hydrogen (secondary N) is 1. The van der Waals surface area contributed by atoms with Crippen LogP contribution in [0.2, 0.25) is 0 Å². The molecular formula is C26H26N6O. The number of nitrogens with zero attached hydrogens (tertiary/aromatic N) is 5. The molecule has 166 valence electrons. The van der Waals surface area contributed by atoms with E-state index in [2.05, 4.69) is 48.4 Å². The first-order valence-corrected chi connectivity index (χ1v) is 10.8. The Morgan fingerprint density at radius 3 is 2.45 bits per heavy atom. The van der Waals surface area contributed by atoms with Crippen LogP contribution in [0.4, 0.5) is 5.88 Å². The predicted molar refractivity (Wildman–Crippen MR) is 130 cm³/mol. The molecule has 33 heavy (non-hydrogen) atoms. The van der Waals surface area contributed by atoms with Crippen molar-refractivity contribution in [3.8, 4) is 23.0 Å². The SMILES string of the molecule is Cc1cc(C)c(-c2nn(-c3ccccc3)cc2/C=N/Nc2oc(C(C)C)nc2C#N)c(C)c1. The van der Waals surface area contributed by atoms with Crippen molar-refractivity contribution < 1.29 is 4.42 Å². The van der Waals surface area contributed by atoms with Crippen LogP contribution in [-0.4, -0.2) is 21.0 Å². The van der Waals surface area contributed by atoms with E-state index >= 15 is 0 Å². The summed E-state index contributed by atoms with van der Waals surface area (Å²) in [6, 6.07) is 16.3. The zero-order valence-electron chi connectivity index (χ0n) is 19.4. The van der Waals surface area contributed by atoms with Crippen molar-refractivity contribution in [3.63, 3.8) is 0 Å². The van der Waals surface area contributed by atoms with Crippen LogP contribution in [0, 0.1) is 32.1 Å². The molecule has 4 aromatic rings. The molecule has 7 heteroatoms. The minimum Gasteiger partial charge on any atom is -0.422 e. The predicted octanol–water partition coefficient (Wildman–Crippen LogP) is 5.89. The molecule has 0 unspecified atom stereocenters. The van der Waals surface area contributed by atoms with Crippen molar-refractivity contribution in [2.75, 3.05) is 5.43 Å². The van der Waals surface area contributed by atoms with Crippen LogP contribution in [0.25, 0.3) is 16.9 Å². The number of para-hydroxylation sites is 1. The van der Waals surface area contributed by atoms with Crippen molar-refractivity contribution in [2.45, 2.75) is 40.5 Å². The molecule has 0 atom stereocenters. The zero-order valence-corrected chi connectivity index (χ0v) is 19.4. The summed E-state index contributed by atoms with van der Waals surface area (Å²) in [5.74, 6) is 0.796. The molecule has 0 saturated carbocycles. The molecule has 0 aliphatic rings. The average Bonchev–Trinajstić information content (AvgIpc) is 3.38. The standard InChI is InChI=1S/C26H26N6O/c1-16(2)25-29-22(13-27)26(33-25)30-28-14-20-15-32(21-9-7-6-8-10-21)31-24(20)23-18(4)11-17(3)12-19(23)5/h6-12,14-16,30H,1-5H3/b28-14+. The Bertz CT molecular complexity index is 1330. The Hall–Kier alpha value is -4.18. The van der Waals surface area contributed by atoms with Gasteiger partial charge in [-0.3, -0.25) is 0 Å². The summed E-state index contributed by atoms with van der Waals surface area (Å²) in [6.45, 7) is 10.2. The van der Waals surface area contributed by atoms with Gasteiger partial charge in [-0.1, -0.05) is 49.7 Å². The van der Waals surface area contributed by atoms with E-state index in [1.165, 1.54) is 5.56 Å². The number of nitriles is 1. The number of hydrazone groups is 1. The highest BCUT2D eigenvalue weighted by Gasteiger charge is 2.17. The molecule has 0 fully saturated rings. The molecule has 0 aliphatic carbocycles. The maximum absolute atomic E-state index is 9.36. The third kappa shape index (κ3) is 4.55. The van der Waals surface area contributed by atoms with Gasteiger partial charge in [-0.25, -0.2) is 15.1 Å². The minimum atomic E-state index is 0.0693. The van der Waals surface area contributed by atoms with Crippen molar-refractivity contribution in [1.82, 2.24) is 14.8 Å². The first kappa shape index (κ1) is 22.0. The normalized spacial score (nSPS) is 11.3. The number of rotatable bonds is 6. The summed E-state index contributed by atoms with van der Waals surface area (Å²) in [6.07, 6.45) is 3.64. The number of aryl methyl sites for hydroxylation is 3. The lowest BCUT2D eigenvalue weighted by Crippen LogP contribution is -1.97. The average molecular weight is 439 g/mol. The third-order valence-corrected chi connectivity index (χ3v) is 5.29. The number of oxazole rings is 1. The molecule has 0 amide bonds. The number of hydrogen-bond donors (Lipinski definition) is 1. The van der Waals surface area contributed by atoms with Crippen LogP contribution in [0.15, 0.2) is 58.2 Å². The molecule has 2 heterocycles. The lowest BCUT2D eigenvalue weighted by molar-refractivity contribution is 0.481. The van der Waals surface area contributed by atoms with Crippen LogP contribution < -0.4 is 5.43 Å². The molecule has 0 saturated heterocycles. The lowest BCUT2D eigenvalue weighted by Gasteiger charge is -2.10. The van der Waals surface area contributed by atoms with Crippen molar-refractivity contribution >= 4 is 12.1 Å². The highest BCUT2D eigenvalue weighted by molar-refractivity contribution is 5.90. The Labute approximate surface area is 193 Å². The largest absolute Gasteiger partial charge is 0.422 e. The Morgan fingerprint density at radius 1 is 1.12 bits per heavy atom. The number of aromatic nitrogens is 3. The quantitative estimate of drug-likeness (QED) is 0.299. The van der Waals surface area contributed by atoms with Crippen LogP contribution in [0.5, 0.6) is 0 Å². The van der Waals surface area contributed by atoms with Crippen LogP contribution in [-0.2, 0) is 0 Å². The topological polar surface area (TPSA) is 92.0 Å². The fourth-order valence-electron chi connectivity index (χ4n) is 3.84. The van der Waals surface area contributed by atoms with Crippen molar-refractivity contribution in [1.29, 1.82) is 5.26 Å². The highest BCUT2D eigenvalue weighted by Crippen LogP contribution is 2.30. The van der Waals surface area contributed by atoms with E-state index in [4.69, 9.17) is 9.52 Å². The molecule has 1 N–H and O–H groups in total. The van der Waals surface area contributed by atoms with E-state index in [1.807, 2.05) is 61.1 Å². The molecule has 0 spiro atoms. The van der Waals surface area contributed by atoms with Crippen molar-refractivity contribution in [3.05, 3.63) is 82.5 Å². The van der Waals surface area contributed by atoms with Gasteiger partial charge in [0.2, 0.25) is 11.6 Å². The van der Waals surface area contributed by atoms with Gasteiger partial charge >= 0.3 is 0 Å². The summed E-state index contributed by atoms with van der Waals surface area (Å²) in [5, 5.41) is 18.6. The lowest BCUT2D eigenvalue weighted by atomic mass is 9.96. The monoisotopic (exact) mass is 438 g/mol. The van der Waals surface area contributed by atoms with E-state index < -0.39 is 0 Å². The summed E-state index contributed by atoms with van der Waals surface area (Å²) >= 11 is 0. The summed E-state index contributed by atoms with van der Waals surface area (Å²) < 4.78 is 7.52. The van der Waals surface area contributed by atoms with Gasteiger partial charge in [0.15, 0.2) is 0 Å². The van der Waals surface area contributed by atoms with E-state index in [-0.39, 0.29) is 17.5 Å². The molecule has 0 aliphatic heterocycles.